The van der Waals surface area contributed by atoms with Gasteiger partial charge >= 0.3 is 5.97 Å². The number of aromatic nitrogens is 2. The highest BCUT2D eigenvalue weighted by molar-refractivity contribution is 6.39. The van der Waals surface area contributed by atoms with Crippen LogP contribution in [0.25, 0.3) is 0 Å². The maximum atomic E-state index is 14.5. The van der Waals surface area contributed by atoms with E-state index in [0.29, 0.717) is 88.4 Å². The van der Waals surface area contributed by atoms with Crippen molar-refractivity contribution < 1.29 is 53.4 Å². The van der Waals surface area contributed by atoms with E-state index in [1.54, 1.807) is 39.5 Å². The van der Waals surface area contributed by atoms with Gasteiger partial charge in [-0.2, -0.15) is 0 Å². The second-order valence-corrected chi connectivity index (χ2v) is 20.7. The van der Waals surface area contributed by atoms with Crippen LogP contribution in [-0.4, -0.2) is 129 Å². The molecule has 69 heavy (non-hydrogen) atoms. The number of esters is 1. The Hall–Kier alpha value is -4.12. The number of methoxy groups -OCH3 is 2. The first-order chi connectivity index (χ1) is 32.9. The summed E-state index contributed by atoms with van der Waals surface area (Å²) in [5, 5.41) is 37.6. The average molecular weight is 963 g/mol. The highest BCUT2D eigenvalue weighted by atomic mass is 16.6. The summed E-state index contributed by atoms with van der Waals surface area (Å²) in [6.45, 7) is 13.6. The zero-order valence-corrected chi connectivity index (χ0v) is 42.6. The van der Waals surface area contributed by atoms with Crippen LogP contribution in [0.3, 0.4) is 0 Å². The second-order valence-electron chi connectivity index (χ2n) is 20.7. The van der Waals surface area contributed by atoms with E-state index >= 15 is 0 Å². The average Bonchev–Trinajstić information content (AvgIpc) is 3.33. The van der Waals surface area contributed by atoms with Gasteiger partial charge in [-0.1, -0.05) is 76.6 Å². The Kier molecular flexibility index (Phi) is 21.3. The number of hydrogen-bond acceptors (Lipinski definition) is 14. The van der Waals surface area contributed by atoms with Crippen molar-refractivity contribution in [2.75, 3.05) is 26.1 Å². The van der Waals surface area contributed by atoms with Crippen LogP contribution in [0.2, 0.25) is 0 Å². The van der Waals surface area contributed by atoms with Crippen LogP contribution in [0.1, 0.15) is 132 Å². The second kappa shape index (κ2) is 26.4. The summed E-state index contributed by atoms with van der Waals surface area (Å²) in [5.41, 5.74) is 1.52. The Labute approximate surface area is 410 Å². The molecule has 384 valence electrons. The number of allylic oxidation sites excluding steroid dienone is 6. The number of fused-ring (bicyclic) bond motifs is 3. The van der Waals surface area contributed by atoms with E-state index in [-0.39, 0.29) is 54.1 Å². The zero-order chi connectivity index (χ0) is 50.4. The summed E-state index contributed by atoms with van der Waals surface area (Å²) in [6.07, 6.45) is 19.5. The first kappa shape index (κ1) is 55.8. The molecule has 5 rings (SSSR count). The SMILES string of the molecule is CO[C@@H]1C[C@@H](C[C@@H](C)[C@@H]2CC[C@H](C)/C=C(\C)[C@@H](O)[C@@H](OC)C(=O)[C@H](C)C[C@H](C)/C=C/C=C/C=C(\C)[C@@H](Nc3cnccn3)C[C@@H]3CC[C@@H](C)[C@@](O)(O3)C(=O)C(=O)N3CCCC[C@H]3C(=O)O2)CC[C@H]1O. The van der Waals surface area contributed by atoms with Gasteiger partial charge in [-0.15, -0.1) is 0 Å². The van der Waals surface area contributed by atoms with Crippen molar-refractivity contribution in [1.29, 1.82) is 0 Å². The molecule has 0 unspecified atom stereocenters. The molecule has 4 aliphatic rings. The Morgan fingerprint density at radius 2 is 1.64 bits per heavy atom. The number of nitrogens with zero attached hydrogens (tertiary/aromatic N) is 3. The predicted molar refractivity (Wildman–Crippen MR) is 263 cm³/mol. The van der Waals surface area contributed by atoms with E-state index in [4.69, 9.17) is 18.9 Å². The van der Waals surface area contributed by atoms with Crippen LogP contribution in [0.4, 0.5) is 5.82 Å². The minimum absolute atomic E-state index is 0.0441. The molecule has 1 saturated carbocycles. The maximum Gasteiger partial charge on any atom is 0.329 e. The van der Waals surface area contributed by atoms with E-state index < -0.39 is 65.9 Å². The number of Topliss-reactive ketones (excluding diaryl/α,β-unsaturated/α-hetero) is 2. The molecular weight excluding hydrogens is 881 g/mol. The molecule has 3 fully saturated rings. The van der Waals surface area contributed by atoms with Gasteiger partial charge < -0.3 is 44.5 Å². The summed E-state index contributed by atoms with van der Waals surface area (Å²) >= 11 is 0. The summed E-state index contributed by atoms with van der Waals surface area (Å²) in [5.74, 6) is -5.75. The molecule has 15 nitrogen and oxygen atoms in total. The first-order valence-corrected chi connectivity index (χ1v) is 25.5. The molecule has 2 bridgehead atoms. The number of amides is 1. The van der Waals surface area contributed by atoms with Crippen molar-refractivity contribution in [1.82, 2.24) is 14.9 Å². The fourth-order valence-corrected chi connectivity index (χ4v) is 10.8. The number of aliphatic hydroxyl groups is 3. The van der Waals surface area contributed by atoms with Crippen LogP contribution in [0.15, 0.2) is 66.2 Å². The molecule has 4 heterocycles. The van der Waals surface area contributed by atoms with Gasteiger partial charge in [0.15, 0.2) is 5.78 Å². The number of anilines is 1. The standard InChI is InChI=1S/C54H82N4O11/c1-33-15-11-10-12-16-35(3)42(57-47-32-55-24-25-56-47)31-41-21-19-39(7)54(65,69-41)51(62)52(63)58-26-14-13-17-43(58)53(64)68-45(36(4)29-40-20-22-44(59)46(30-40)66-8)23-18-34(2)28-38(6)49(61)50(67-9)48(60)37(5)27-33/h10-12,15-16,24-25,28,32-34,36-37,39-46,49-50,59,61,65H,13-14,17-23,26-27,29-31H2,1-9H3,(H,56,57)/b12-10+,15-11+,35-16+,38-28+/t33-,34+,36-,37-,39-,40-,41+,42+,43+,44-,45+,46-,49-,50+,54-/m1/s1. The fraction of sp³-hybridized carbons (Fsp3) is 0.704. The molecule has 1 aromatic heterocycles. The van der Waals surface area contributed by atoms with Gasteiger partial charge in [0.2, 0.25) is 5.79 Å². The Morgan fingerprint density at radius 1 is 0.870 bits per heavy atom. The lowest BCUT2D eigenvalue weighted by Gasteiger charge is -2.43. The van der Waals surface area contributed by atoms with Gasteiger partial charge in [-0.3, -0.25) is 19.4 Å². The number of ketones is 2. The van der Waals surface area contributed by atoms with Crippen LogP contribution < -0.4 is 5.32 Å². The van der Waals surface area contributed by atoms with Crippen LogP contribution in [-0.2, 0) is 38.1 Å². The number of rotatable bonds is 7. The van der Waals surface area contributed by atoms with Gasteiger partial charge in [0.05, 0.1) is 30.6 Å². The van der Waals surface area contributed by atoms with E-state index in [1.807, 2.05) is 64.2 Å². The Bertz CT molecular complexity index is 1970. The summed E-state index contributed by atoms with van der Waals surface area (Å²) < 4.78 is 24.0. The predicted octanol–water partition coefficient (Wildman–Crippen LogP) is 7.26. The summed E-state index contributed by atoms with van der Waals surface area (Å²) in [7, 11) is 3.05. The third-order valence-corrected chi connectivity index (χ3v) is 15.2. The van der Waals surface area contributed by atoms with Crippen molar-refractivity contribution in [3.63, 3.8) is 0 Å². The molecule has 1 aliphatic carbocycles. The van der Waals surface area contributed by atoms with Crippen molar-refractivity contribution in [3.05, 3.63) is 66.2 Å². The van der Waals surface area contributed by atoms with Gasteiger partial charge in [-0.25, -0.2) is 9.78 Å². The number of cyclic esters (lactones) is 1. The fourth-order valence-electron chi connectivity index (χ4n) is 10.8. The van der Waals surface area contributed by atoms with E-state index in [2.05, 4.69) is 22.2 Å². The molecule has 15 heteroatoms. The quantitative estimate of drug-likeness (QED) is 0.121. The van der Waals surface area contributed by atoms with Gasteiger partial charge in [0.1, 0.15) is 30.2 Å². The number of ether oxygens (including phenoxy) is 4. The number of piperidine rings is 1. The molecule has 15 atom stereocenters. The van der Waals surface area contributed by atoms with Crippen molar-refractivity contribution in [2.24, 2.45) is 35.5 Å². The lowest BCUT2D eigenvalue weighted by Crippen LogP contribution is -2.61. The third kappa shape index (κ3) is 15.2. The topological polar surface area (TPSA) is 207 Å². The zero-order valence-electron chi connectivity index (χ0n) is 42.6. The number of carbonyl (C=O) groups excluding carboxylic acids is 4. The molecule has 2 saturated heterocycles. The summed E-state index contributed by atoms with van der Waals surface area (Å²) in [6, 6.07) is -1.40. The molecule has 4 N–H and O–H groups in total. The highest BCUT2D eigenvalue weighted by Gasteiger charge is 2.53. The lowest BCUT2D eigenvalue weighted by atomic mass is 9.78. The van der Waals surface area contributed by atoms with Crippen LogP contribution in [0.5, 0.6) is 0 Å². The monoisotopic (exact) mass is 963 g/mol. The number of nitrogens with one attached hydrogen (secondary N) is 1. The molecule has 0 aromatic carbocycles. The lowest BCUT2D eigenvalue weighted by molar-refractivity contribution is -0.263. The van der Waals surface area contributed by atoms with Crippen molar-refractivity contribution >= 4 is 29.3 Å². The van der Waals surface area contributed by atoms with E-state index in [1.165, 1.54) is 12.0 Å². The Morgan fingerprint density at radius 3 is 2.35 bits per heavy atom. The minimum atomic E-state index is -2.42. The third-order valence-electron chi connectivity index (χ3n) is 15.2. The normalized spacial score (nSPS) is 38.6. The summed E-state index contributed by atoms with van der Waals surface area (Å²) in [4.78, 5) is 67.0. The largest absolute Gasteiger partial charge is 0.461 e. The molecule has 3 aliphatic heterocycles. The van der Waals surface area contributed by atoms with Crippen molar-refractivity contribution in [3.8, 4) is 0 Å². The first-order valence-electron chi connectivity index (χ1n) is 25.5. The molecule has 0 spiro atoms. The van der Waals surface area contributed by atoms with Crippen molar-refractivity contribution in [2.45, 2.75) is 186 Å². The highest BCUT2D eigenvalue weighted by Crippen LogP contribution is 2.38. The number of aliphatic hydroxyl groups excluding tert-OH is 2. The van der Waals surface area contributed by atoms with Gasteiger partial charge in [0, 0.05) is 45.0 Å². The minimum Gasteiger partial charge on any atom is -0.461 e. The van der Waals surface area contributed by atoms with Crippen LogP contribution >= 0.6 is 0 Å². The number of carbonyl (C=O) groups is 4. The van der Waals surface area contributed by atoms with Gasteiger partial charge in [-0.05, 0) is 127 Å². The molecule has 1 amide bonds. The van der Waals surface area contributed by atoms with Gasteiger partial charge in [0.25, 0.3) is 11.7 Å². The molecular formula is C54H82N4O11. The van der Waals surface area contributed by atoms with E-state index in [9.17, 15) is 34.5 Å². The number of hydrogen-bond donors (Lipinski definition) is 4. The molecule has 1 aromatic rings. The van der Waals surface area contributed by atoms with Crippen LogP contribution in [0, 0.1) is 35.5 Å². The van der Waals surface area contributed by atoms with E-state index in [0.717, 1.165) is 12.0 Å². The smallest absolute Gasteiger partial charge is 0.329 e. The molecule has 0 radical (unpaired) electrons. The maximum absolute atomic E-state index is 14.5. The Balaban J connectivity index is 1.47.